The Kier molecular flexibility index (Phi) is 8.63. The van der Waals surface area contributed by atoms with Gasteiger partial charge in [-0.25, -0.2) is 14.6 Å². The quantitative estimate of drug-likeness (QED) is 0.261. The SMILES string of the molecule is CCOC(=O)C1=C(C)N=c2s/c(=C\c3ccc(-c4cccc(C(=O)OCC)c4)o3)c(=O)n2[C@@H]1c1cc(OC)ccc1OC. The molecule has 222 valence electrons. The summed E-state index contributed by atoms with van der Waals surface area (Å²) in [6.07, 6.45) is 1.63. The van der Waals surface area contributed by atoms with E-state index >= 15 is 0 Å². The number of nitrogens with zero attached hydrogens (tertiary/aromatic N) is 2. The van der Waals surface area contributed by atoms with Crippen LogP contribution in [-0.4, -0.2) is 43.9 Å². The zero-order valence-electron chi connectivity index (χ0n) is 24.3. The number of hydrogen-bond donors (Lipinski definition) is 0. The van der Waals surface area contributed by atoms with Gasteiger partial charge < -0.3 is 23.4 Å². The summed E-state index contributed by atoms with van der Waals surface area (Å²) in [5.41, 5.74) is 1.94. The smallest absolute Gasteiger partial charge is 0.338 e. The number of allylic oxidation sites excluding steroid dienone is 1. The first-order valence-electron chi connectivity index (χ1n) is 13.6. The molecule has 0 saturated carbocycles. The van der Waals surface area contributed by atoms with Crippen LogP contribution < -0.4 is 24.4 Å². The Morgan fingerprint density at radius 1 is 1.00 bits per heavy atom. The summed E-state index contributed by atoms with van der Waals surface area (Å²) >= 11 is 1.18. The molecule has 0 radical (unpaired) electrons. The van der Waals surface area contributed by atoms with Gasteiger partial charge in [-0.2, -0.15) is 0 Å². The highest BCUT2D eigenvalue weighted by Crippen LogP contribution is 2.37. The molecule has 10 nitrogen and oxygen atoms in total. The van der Waals surface area contributed by atoms with Crippen LogP contribution in [0.5, 0.6) is 11.5 Å². The Labute approximate surface area is 251 Å². The van der Waals surface area contributed by atoms with E-state index in [2.05, 4.69) is 4.99 Å². The lowest BCUT2D eigenvalue weighted by atomic mass is 9.95. The average Bonchev–Trinajstić information content (AvgIpc) is 3.60. The fraction of sp³-hybridized carbons (Fsp3) is 0.250. The molecule has 5 rings (SSSR count). The fourth-order valence-corrected chi connectivity index (χ4v) is 5.89. The number of benzene rings is 2. The number of rotatable bonds is 9. The number of furan rings is 1. The number of hydrogen-bond acceptors (Lipinski definition) is 10. The van der Waals surface area contributed by atoms with Crippen molar-refractivity contribution in [3.63, 3.8) is 0 Å². The van der Waals surface area contributed by atoms with E-state index in [-0.39, 0.29) is 24.3 Å². The Balaban J connectivity index is 1.62. The summed E-state index contributed by atoms with van der Waals surface area (Å²) in [6, 6.07) is 14.8. The molecule has 0 N–H and O–H groups in total. The van der Waals surface area contributed by atoms with Gasteiger partial charge in [-0.05, 0) is 63.2 Å². The van der Waals surface area contributed by atoms with E-state index in [1.54, 1.807) is 75.4 Å². The molecule has 0 amide bonds. The lowest BCUT2D eigenvalue weighted by Crippen LogP contribution is -2.40. The molecule has 4 aromatic rings. The molecule has 2 aromatic carbocycles. The van der Waals surface area contributed by atoms with Crippen LogP contribution in [0.3, 0.4) is 0 Å². The molecule has 0 saturated heterocycles. The van der Waals surface area contributed by atoms with Crippen LogP contribution in [0, 0.1) is 0 Å². The van der Waals surface area contributed by atoms with Crippen LogP contribution >= 0.6 is 11.3 Å². The molecule has 0 bridgehead atoms. The molecule has 11 heteroatoms. The van der Waals surface area contributed by atoms with Gasteiger partial charge in [-0.3, -0.25) is 9.36 Å². The third-order valence-electron chi connectivity index (χ3n) is 6.81. The first kappa shape index (κ1) is 29.6. The van der Waals surface area contributed by atoms with E-state index in [9.17, 15) is 14.4 Å². The number of methoxy groups -OCH3 is 2. The Bertz CT molecular complexity index is 1910. The largest absolute Gasteiger partial charge is 0.497 e. The molecule has 3 heterocycles. The minimum absolute atomic E-state index is 0.158. The maximum absolute atomic E-state index is 14.0. The Hall–Kier alpha value is -4.90. The highest BCUT2D eigenvalue weighted by molar-refractivity contribution is 7.07. The molecule has 0 spiro atoms. The highest BCUT2D eigenvalue weighted by atomic mass is 32.1. The fourth-order valence-electron chi connectivity index (χ4n) is 4.87. The molecule has 1 aliphatic heterocycles. The molecule has 1 aliphatic rings. The number of fused-ring (bicyclic) bond motifs is 1. The molecule has 43 heavy (non-hydrogen) atoms. The normalized spacial score (nSPS) is 14.6. The van der Waals surface area contributed by atoms with E-state index < -0.39 is 18.0 Å². The number of carbonyl (C=O) groups excluding carboxylic acids is 2. The lowest BCUT2D eigenvalue weighted by molar-refractivity contribution is -0.139. The van der Waals surface area contributed by atoms with Crippen molar-refractivity contribution in [3.05, 3.63) is 102 Å². The van der Waals surface area contributed by atoms with E-state index in [0.29, 0.717) is 54.7 Å². The zero-order chi connectivity index (χ0) is 30.7. The van der Waals surface area contributed by atoms with E-state index in [0.717, 1.165) is 0 Å². The maximum Gasteiger partial charge on any atom is 0.338 e. The lowest BCUT2D eigenvalue weighted by Gasteiger charge is -2.26. The maximum atomic E-state index is 14.0. The number of aromatic nitrogens is 1. The van der Waals surface area contributed by atoms with Gasteiger partial charge in [0.2, 0.25) is 0 Å². The zero-order valence-corrected chi connectivity index (χ0v) is 25.2. The van der Waals surface area contributed by atoms with Gasteiger partial charge >= 0.3 is 11.9 Å². The van der Waals surface area contributed by atoms with Crippen LogP contribution in [0.25, 0.3) is 17.4 Å². The van der Waals surface area contributed by atoms with Crippen LogP contribution in [-0.2, 0) is 14.3 Å². The predicted octanol–water partition coefficient (Wildman–Crippen LogP) is 4.25. The second-order valence-corrected chi connectivity index (χ2v) is 10.4. The number of ether oxygens (including phenoxy) is 4. The van der Waals surface area contributed by atoms with Crippen molar-refractivity contribution in [2.45, 2.75) is 26.8 Å². The van der Waals surface area contributed by atoms with Crippen molar-refractivity contribution in [1.82, 2.24) is 4.57 Å². The van der Waals surface area contributed by atoms with E-state index in [1.807, 2.05) is 6.07 Å². The summed E-state index contributed by atoms with van der Waals surface area (Å²) in [5, 5.41) is 0. The molecular formula is C32H30N2O8S. The Morgan fingerprint density at radius 3 is 2.49 bits per heavy atom. The minimum Gasteiger partial charge on any atom is -0.497 e. The van der Waals surface area contributed by atoms with Gasteiger partial charge in [0.1, 0.15) is 29.1 Å². The summed E-state index contributed by atoms with van der Waals surface area (Å²) in [6.45, 7) is 5.61. The van der Waals surface area contributed by atoms with Crippen LogP contribution in [0.1, 0.15) is 48.5 Å². The van der Waals surface area contributed by atoms with Crippen LogP contribution in [0.2, 0.25) is 0 Å². The van der Waals surface area contributed by atoms with E-state index in [4.69, 9.17) is 23.4 Å². The topological polar surface area (TPSA) is 119 Å². The second kappa shape index (κ2) is 12.5. The van der Waals surface area contributed by atoms with Gasteiger partial charge in [-0.1, -0.05) is 23.5 Å². The molecule has 0 aliphatic carbocycles. The van der Waals surface area contributed by atoms with Crippen LogP contribution in [0.15, 0.2) is 80.1 Å². The Morgan fingerprint density at radius 2 is 1.77 bits per heavy atom. The van der Waals surface area contributed by atoms with Crippen molar-refractivity contribution in [1.29, 1.82) is 0 Å². The first-order chi connectivity index (χ1) is 20.8. The molecule has 1 atom stereocenters. The summed E-state index contributed by atoms with van der Waals surface area (Å²) < 4.78 is 29.4. The van der Waals surface area contributed by atoms with Crippen molar-refractivity contribution < 1.29 is 33.0 Å². The monoisotopic (exact) mass is 602 g/mol. The molecule has 0 unspecified atom stereocenters. The van der Waals surface area contributed by atoms with Gasteiger partial charge in [-0.15, -0.1) is 0 Å². The third kappa shape index (κ3) is 5.76. The second-order valence-electron chi connectivity index (χ2n) is 9.41. The van der Waals surface area contributed by atoms with Gasteiger partial charge in [0.25, 0.3) is 5.56 Å². The number of carbonyl (C=O) groups is 2. The van der Waals surface area contributed by atoms with Gasteiger partial charge in [0.15, 0.2) is 4.80 Å². The van der Waals surface area contributed by atoms with Crippen molar-refractivity contribution in [2.75, 3.05) is 27.4 Å². The summed E-state index contributed by atoms with van der Waals surface area (Å²) in [5.74, 6) is 0.956. The van der Waals surface area contributed by atoms with Gasteiger partial charge in [0, 0.05) is 17.2 Å². The molecular weight excluding hydrogens is 572 g/mol. The summed E-state index contributed by atoms with van der Waals surface area (Å²) in [4.78, 5) is 44.4. The minimum atomic E-state index is -0.875. The van der Waals surface area contributed by atoms with Crippen molar-refractivity contribution >= 4 is 29.4 Å². The number of thiazole rings is 1. The van der Waals surface area contributed by atoms with E-state index in [1.165, 1.54) is 30.1 Å². The molecule has 0 fully saturated rings. The van der Waals surface area contributed by atoms with Gasteiger partial charge in [0.05, 0.1) is 48.8 Å². The standard InChI is InChI=1S/C32H30N2O8S/c1-6-40-30(36)20-10-8-9-19(15-20)24-13-12-22(42-24)17-26-29(35)34-28(23-16-21(38-4)11-14-25(23)39-5)27(31(37)41-7-2)18(3)33-32(34)43-26/h8-17,28H,6-7H2,1-5H3/b26-17-/t28-/m1/s1. The molecule has 2 aromatic heterocycles. The summed E-state index contributed by atoms with van der Waals surface area (Å²) in [7, 11) is 3.06. The van der Waals surface area contributed by atoms with Crippen molar-refractivity contribution in [2.24, 2.45) is 4.99 Å². The van der Waals surface area contributed by atoms with Crippen LogP contribution in [0.4, 0.5) is 0 Å². The third-order valence-corrected chi connectivity index (χ3v) is 7.79. The average molecular weight is 603 g/mol. The first-order valence-corrected chi connectivity index (χ1v) is 14.4. The predicted molar refractivity (Wildman–Crippen MR) is 160 cm³/mol. The van der Waals surface area contributed by atoms with Crippen molar-refractivity contribution in [3.8, 4) is 22.8 Å². The number of esters is 2. The highest BCUT2D eigenvalue weighted by Gasteiger charge is 2.35.